The van der Waals surface area contributed by atoms with E-state index < -0.39 is 0 Å². The topological polar surface area (TPSA) is 56.7 Å². The fourth-order valence-electron chi connectivity index (χ4n) is 2.20. The van der Waals surface area contributed by atoms with E-state index in [0.29, 0.717) is 13.0 Å². The van der Waals surface area contributed by atoms with E-state index in [4.69, 9.17) is 5.73 Å². The lowest BCUT2D eigenvalue weighted by Crippen LogP contribution is -2.27. The molecule has 0 unspecified atom stereocenters. The summed E-state index contributed by atoms with van der Waals surface area (Å²) in [6.45, 7) is 6.56. The largest absolute Gasteiger partial charge is 0.324 e. The van der Waals surface area contributed by atoms with Gasteiger partial charge in [0.1, 0.15) is 17.5 Å². The number of rotatable bonds is 3. The molecule has 2 rings (SSSR count). The molecule has 0 aliphatic rings. The van der Waals surface area contributed by atoms with Gasteiger partial charge in [-0.25, -0.2) is 4.39 Å². The zero-order chi connectivity index (χ0) is 14.0. The number of halogens is 1. The van der Waals surface area contributed by atoms with Crippen molar-refractivity contribution in [2.45, 2.75) is 39.3 Å². The second-order valence-electron chi connectivity index (χ2n) is 5.55. The van der Waals surface area contributed by atoms with Crippen molar-refractivity contribution in [2.75, 3.05) is 0 Å². The molecule has 19 heavy (non-hydrogen) atoms. The van der Waals surface area contributed by atoms with Crippen molar-refractivity contribution in [3.05, 3.63) is 47.3 Å². The highest BCUT2D eigenvalue weighted by molar-refractivity contribution is 5.21. The van der Waals surface area contributed by atoms with Crippen LogP contribution in [-0.2, 0) is 18.5 Å². The van der Waals surface area contributed by atoms with Gasteiger partial charge in [-0.2, -0.15) is 0 Å². The molecule has 4 nitrogen and oxygen atoms in total. The van der Waals surface area contributed by atoms with E-state index in [9.17, 15) is 4.39 Å². The maximum atomic E-state index is 13.2. The van der Waals surface area contributed by atoms with Gasteiger partial charge in [-0.1, -0.05) is 12.1 Å². The van der Waals surface area contributed by atoms with E-state index in [1.807, 2.05) is 10.6 Å². The minimum absolute atomic E-state index is 0.152. The summed E-state index contributed by atoms with van der Waals surface area (Å²) in [5.41, 5.74) is 6.42. The Morgan fingerprint density at radius 2 is 1.89 bits per heavy atom. The van der Waals surface area contributed by atoms with Crippen molar-refractivity contribution in [2.24, 2.45) is 5.73 Å². The molecule has 1 aromatic heterocycles. The minimum atomic E-state index is -0.238. The smallest absolute Gasteiger partial charge is 0.147 e. The van der Waals surface area contributed by atoms with E-state index in [0.717, 1.165) is 17.2 Å². The second-order valence-corrected chi connectivity index (χ2v) is 5.55. The summed E-state index contributed by atoms with van der Waals surface area (Å²) < 4.78 is 15.2. The zero-order valence-corrected chi connectivity index (χ0v) is 11.5. The van der Waals surface area contributed by atoms with E-state index in [-0.39, 0.29) is 11.4 Å². The first-order valence-electron chi connectivity index (χ1n) is 6.30. The summed E-state index contributed by atoms with van der Waals surface area (Å²) in [5, 5.41) is 8.30. The number of hydrogen-bond acceptors (Lipinski definition) is 3. The molecule has 0 atom stereocenters. The van der Waals surface area contributed by atoms with Gasteiger partial charge in [-0.05, 0) is 38.5 Å². The lowest BCUT2D eigenvalue weighted by atomic mass is 10.1. The fraction of sp³-hybridized carbons (Fsp3) is 0.429. The molecule has 5 heteroatoms. The standard InChI is InChI=1S/C14H19FN4/c1-14(2,3)19-12(17-18-13(19)9-16)8-10-5-4-6-11(15)7-10/h4-7H,8-9,16H2,1-3H3. The molecule has 102 valence electrons. The summed E-state index contributed by atoms with van der Waals surface area (Å²) >= 11 is 0. The number of aromatic nitrogens is 3. The van der Waals surface area contributed by atoms with Crippen LogP contribution in [0.1, 0.15) is 38.0 Å². The molecular formula is C14H19FN4. The number of nitrogens with two attached hydrogens (primary N) is 1. The molecule has 0 radical (unpaired) electrons. The van der Waals surface area contributed by atoms with Crippen molar-refractivity contribution in [1.29, 1.82) is 0 Å². The molecule has 0 saturated carbocycles. The molecule has 0 saturated heterocycles. The van der Waals surface area contributed by atoms with Crippen LogP contribution in [-0.4, -0.2) is 14.8 Å². The highest BCUT2D eigenvalue weighted by Crippen LogP contribution is 2.20. The minimum Gasteiger partial charge on any atom is -0.324 e. The Morgan fingerprint density at radius 1 is 1.21 bits per heavy atom. The Hall–Kier alpha value is -1.75. The van der Waals surface area contributed by atoms with Gasteiger partial charge in [-0.3, -0.25) is 0 Å². The van der Waals surface area contributed by atoms with Gasteiger partial charge in [0, 0.05) is 12.0 Å². The molecule has 0 aliphatic heterocycles. The molecular weight excluding hydrogens is 243 g/mol. The molecule has 1 aromatic carbocycles. The number of benzene rings is 1. The molecule has 0 spiro atoms. The van der Waals surface area contributed by atoms with Crippen LogP contribution in [0, 0.1) is 5.82 Å². The highest BCUT2D eigenvalue weighted by atomic mass is 19.1. The van der Waals surface area contributed by atoms with Crippen molar-refractivity contribution < 1.29 is 4.39 Å². The van der Waals surface area contributed by atoms with E-state index in [2.05, 4.69) is 31.0 Å². The zero-order valence-electron chi connectivity index (χ0n) is 11.5. The summed E-state index contributed by atoms with van der Waals surface area (Å²) in [5.74, 6) is 1.32. The van der Waals surface area contributed by atoms with Gasteiger partial charge in [0.15, 0.2) is 0 Å². The Labute approximate surface area is 112 Å². The molecule has 2 N–H and O–H groups in total. The summed E-state index contributed by atoms with van der Waals surface area (Å²) in [6.07, 6.45) is 0.544. The van der Waals surface area contributed by atoms with Crippen LogP contribution in [0.4, 0.5) is 4.39 Å². The predicted molar refractivity (Wildman–Crippen MR) is 72.1 cm³/mol. The fourth-order valence-corrected chi connectivity index (χ4v) is 2.20. The maximum absolute atomic E-state index is 13.2. The third kappa shape index (κ3) is 2.98. The predicted octanol–water partition coefficient (Wildman–Crippen LogP) is 2.22. The quantitative estimate of drug-likeness (QED) is 0.922. The molecule has 0 bridgehead atoms. The van der Waals surface area contributed by atoms with E-state index in [1.54, 1.807) is 6.07 Å². The van der Waals surface area contributed by atoms with Crippen LogP contribution in [0.2, 0.25) is 0 Å². The lowest BCUT2D eigenvalue weighted by molar-refractivity contribution is 0.371. The Bertz CT molecular complexity index is 569. The van der Waals surface area contributed by atoms with Crippen molar-refractivity contribution >= 4 is 0 Å². The maximum Gasteiger partial charge on any atom is 0.147 e. The normalized spacial score (nSPS) is 11.8. The number of hydrogen-bond donors (Lipinski definition) is 1. The molecule has 1 heterocycles. The van der Waals surface area contributed by atoms with Gasteiger partial charge in [0.2, 0.25) is 0 Å². The average molecular weight is 262 g/mol. The second kappa shape index (κ2) is 5.09. The van der Waals surface area contributed by atoms with Crippen LogP contribution >= 0.6 is 0 Å². The van der Waals surface area contributed by atoms with Crippen molar-refractivity contribution in [3.8, 4) is 0 Å². The van der Waals surface area contributed by atoms with Crippen molar-refractivity contribution in [3.63, 3.8) is 0 Å². The number of nitrogens with zero attached hydrogens (tertiary/aromatic N) is 3. The first kappa shape index (κ1) is 13.7. The molecule has 0 aliphatic carbocycles. The Balaban J connectivity index is 2.38. The molecule has 0 fully saturated rings. The lowest BCUT2D eigenvalue weighted by Gasteiger charge is -2.24. The van der Waals surface area contributed by atoms with Gasteiger partial charge < -0.3 is 10.3 Å². The monoisotopic (exact) mass is 262 g/mol. The average Bonchev–Trinajstić information content (AvgIpc) is 2.71. The van der Waals surface area contributed by atoms with E-state index >= 15 is 0 Å². The Morgan fingerprint density at radius 3 is 2.47 bits per heavy atom. The summed E-state index contributed by atoms with van der Waals surface area (Å²) in [4.78, 5) is 0. The van der Waals surface area contributed by atoms with Crippen LogP contribution in [0.3, 0.4) is 0 Å². The SMILES string of the molecule is CC(C)(C)n1c(CN)nnc1Cc1cccc(F)c1. The van der Waals surface area contributed by atoms with Crippen LogP contribution in [0.15, 0.2) is 24.3 Å². The summed E-state index contributed by atoms with van der Waals surface area (Å²) in [7, 11) is 0. The first-order valence-corrected chi connectivity index (χ1v) is 6.30. The Kier molecular flexibility index (Phi) is 3.66. The highest BCUT2D eigenvalue weighted by Gasteiger charge is 2.22. The third-order valence-electron chi connectivity index (χ3n) is 2.90. The van der Waals surface area contributed by atoms with Crippen LogP contribution in [0.25, 0.3) is 0 Å². The van der Waals surface area contributed by atoms with Gasteiger partial charge >= 0.3 is 0 Å². The van der Waals surface area contributed by atoms with Gasteiger partial charge in [0.05, 0.1) is 6.54 Å². The molecule has 0 amide bonds. The first-order chi connectivity index (χ1) is 8.91. The van der Waals surface area contributed by atoms with Crippen molar-refractivity contribution in [1.82, 2.24) is 14.8 Å². The summed E-state index contributed by atoms with van der Waals surface area (Å²) in [6, 6.07) is 6.53. The third-order valence-corrected chi connectivity index (χ3v) is 2.90. The van der Waals surface area contributed by atoms with Crippen LogP contribution in [0.5, 0.6) is 0 Å². The van der Waals surface area contributed by atoms with Gasteiger partial charge in [-0.15, -0.1) is 10.2 Å². The molecule has 2 aromatic rings. The van der Waals surface area contributed by atoms with E-state index in [1.165, 1.54) is 12.1 Å². The van der Waals surface area contributed by atoms with Gasteiger partial charge in [0.25, 0.3) is 0 Å². The van der Waals surface area contributed by atoms with Crippen LogP contribution < -0.4 is 5.73 Å².